The van der Waals surface area contributed by atoms with Crippen molar-refractivity contribution in [3.05, 3.63) is 35.4 Å². The van der Waals surface area contributed by atoms with E-state index >= 15 is 0 Å². The van der Waals surface area contributed by atoms with Gasteiger partial charge in [-0.25, -0.2) is 9.80 Å². The first kappa shape index (κ1) is 13.7. The number of rotatable bonds is 3. The average Bonchev–Trinajstić information content (AvgIpc) is 2.40. The summed E-state index contributed by atoms with van der Waals surface area (Å²) in [6, 6.07) is 4.76. The normalized spacial score (nSPS) is 15.1. The molecule has 0 bridgehead atoms. The summed E-state index contributed by atoms with van der Waals surface area (Å²) in [6.45, 7) is 1.51. The number of halogens is 1. The van der Waals surface area contributed by atoms with Gasteiger partial charge < -0.3 is 10.1 Å². The number of methoxy groups -OCH3 is 1. The molecule has 0 unspecified atom stereocenters. The van der Waals surface area contributed by atoms with E-state index in [9.17, 15) is 4.79 Å². The van der Waals surface area contributed by atoms with Crippen molar-refractivity contribution >= 4 is 23.3 Å². The summed E-state index contributed by atoms with van der Waals surface area (Å²) in [5.41, 5.74) is 3.31. The van der Waals surface area contributed by atoms with Crippen LogP contribution in [0.25, 0.3) is 0 Å². The van der Waals surface area contributed by atoms with Crippen LogP contribution in [0.2, 0.25) is 5.02 Å². The highest BCUT2D eigenvalue weighted by molar-refractivity contribution is 6.31. The largest absolute Gasteiger partial charge is 0.495 e. The molecule has 1 heterocycles. The highest BCUT2D eigenvalue weighted by Gasteiger charge is 2.12. The number of nitrogens with zero attached hydrogens (tertiary/aromatic N) is 1. The van der Waals surface area contributed by atoms with Gasteiger partial charge in [0.05, 0.1) is 12.8 Å². The number of carbonyl (C=O) groups excluding carboxylic acids is 1. The Morgan fingerprint density at radius 1 is 1.42 bits per heavy atom. The second-order valence-corrected chi connectivity index (χ2v) is 4.55. The van der Waals surface area contributed by atoms with E-state index in [1.165, 1.54) is 0 Å². The second-order valence-electron chi connectivity index (χ2n) is 4.12. The minimum Gasteiger partial charge on any atom is -0.495 e. The predicted octanol–water partition coefficient (Wildman–Crippen LogP) is 2.65. The molecule has 2 N–H and O–H groups in total. The first-order valence-electron chi connectivity index (χ1n) is 6.00. The molecule has 0 aromatic heterocycles. The minimum atomic E-state index is -0.309. The summed E-state index contributed by atoms with van der Waals surface area (Å²) in [7, 11) is 1.54. The zero-order valence-corrected chi connectivity index (χ0v) is 11.4. The highest BCUT2D eigenvalue weighted by atomic mass is 35.5. The maximum absolute atomic E-state index is 11.9. The first-order chi connectivity index (χ1) is 9.19. The highest BCUT2D eigenvalue weighted by Crippen LogP contribution is 2.27. The fourth-order valence-corrected chi connectivity index (χ4v) is 1.99. The van der Waals surface area contributed by atoms with Crippen LogP contribution < -0.4 is 15.5 Å². The van der Waals surface area contributed by atoms with Crippen molar-refractivity contribution in [3.63, 3.8) is 0 Å². The van der Waals surface area contributed by atoms with E-state index in [-0.39, 0.29) is 6.03 Å². The molecule has 0 saturated carbocycles. The van der Waals surface area contributed by atoms with Crippen molar-refractivity contribution in [1.82, 2.24) is 10.4 Å². The van der Waals surface area contributed by atoms with E-state index in [0.717, 1.165) is 13.0 Å². The van der Waals surface area contributed by atoms with E-state index in [4.69, 9.17) is 16.3 Å². The Kier molecular flexibility index (Phi) is 4.65. The molecule has 102 valence electrons. The Hall–Kier alpha value is -1.72. The summed E-state index contributed by atoms with van der Waals surface area (Å²) in [4.78, 5) is 11.9. The number of hydrogen-bond donors (Lipinski definition) is 2. The van der Waals surface area contributed by atoms with Gasteiger partial charge in [0.1, 0.15) is 5.75 Å². The Balaban J connectivity index is 1.98. The predicted molar refractivity (Wildman–Crippen MR) is 75.5 cm³/mol. The minimum absolute atomic E-state index is 0.309. The fraction of sp³-hybridized carbons (Fsp3) is 0.308. The van der Waals surface area contributed by atoms with Crippen molar-refractivity contribution in [3.8, 4) is 5.75 Å². The zero-order valence-electron chi connectivity index (χ0n) is 10.6. The molecular weight excluding hydrogens is 266 g/mol. The van der Waals surface area contributed by atoms with Crippen LogP contribution in [0.4, 0.5) is 10.5 Å². The van der Waals surface area contributed by atoms with Gasteiger partial charge in [-0.3, -0.25) is 5.43 Å². The van der Waals surface area contributed by atoms with Gasteiger partial charge in [0.15, 0.2) is 0 Å². The molecule has 2 rings (SSSR count). The zero-order chi connectivity index (χ0) is 13.7. The second kappa shape index (κ2) is 6.45. The monoisotopic (exact) mass is 281 g/mol. The number of nitrogens with one attached hydrogen (secondary N) is 2. The van der Waals surface area contributed by atoms with Crippen LogP contribution in [-0.2, 0) is 0 Å². The molecule has 0 atom stereocenters. The fourth-order valence-electron chi connectivity index (χ4n) is 1.81. The molecule has 1 aliphatic heterocycles. The third-order valence-electron chi connectivity index (χ3n) is 2.73. The van der Waals surface area contributed by atoms with Crippen LogP contribution in [0.15, 0.2) is 30.4 Å². The van der Waals surface area contributed by atoms with Gasteiger partial charge in [0, 0.05) is 18.1 Å². The maximum atomic E-state index is 11.9. The molecular formula is C13H16ClN3O2. The molecule has 1 aromatic carbocycles. The van der Waals surface area contributed by atoms with Gasteiger partial charge in [-0.05, 0) is 24.6 Å². The van der Waals surface area contributed by atoms with Gasteiger partial charge >= 0.3 is 6.03 Å². The number of ether oxygens (including phenoxy) is 1. The van der Waals surface area contributed by atoms with E-state index in [1.807, 2.05) is 11.1 Å². The molecule has 2 amide bonds. The summed E-state index contributed by atoms with van der Waals surface area (Å²) in [5.74, 6) is 0.568. The molecule has 1 aromatic rings. The van der Waals surface area contributed by atoms with Crippen LogP contribution in [0.1, 0.15) is 6.42 Å². The van der Waals surface area contributed by atoms with Crippen molar-refractivity contribution < 1.29 is 9.53 Å². The Labute approximate surface area is 117 Å². The third-order valence-corrected chi connectivity index (χ3v) is 2.96. The molecule has 0 radical (unpaired) electrons. The van der Waals surface area contributed by atoms with Gasteiger partial charge in [0.25, 0.3) is 0 Å². The molecule has 0 spiro atoms. The van der Waals surface area contributed by atoms with Gasteiger partial charge in [-0.15, -0.1) is 0 Å². The molecule has 0 saturated heterocycles. The van der Waals surface area contributed by atoms with E-state index in [2.05, 4.69) is 16.8 Å². The van der Waals surface area contributed by atoms with E-state index < -0.39 is 0 Å². The smallest absolute Gasteiger partial charge is 0.333 e. The maximum Gasteiger partial charge on any atom is 0.333 e. The molecule has 5 nitrogen and oxygen atoms in total. The average molecular weight is 282 g/mol. The lowest BCUT2D eigenvalue weighted by Gasteiger charge is -2.24. The van der Waals surface area contributed by atoms with Crippen LogP contribution in [0, 0.1) is 0 Å². The summed E-state index contributed by atoms with van der Waals surface area (Å²) in [6.07, 6.45) is 5.04. The summed E-state index contributed by atoms with van der Waals surface area (Å²) >= 11 is 5.90. The number of hydrazine groups is 1. The Bertz CT molecular complexity index is 491. The van der Waals surface area contributed by atoms with Crippen LogP contribution in [0.3, 0.4) is 0 Å². The lowest BCUT2D eigenvalue weighted by atomic mass is 10.3. The topological polar surface area (TPSA) is 53.6 Å². The number of carbonyl (C=O) groups is 1. The van der Waals surface area contributed by atoms with Crippen molar-refractivity contribution in [2.24, 2.45) is 0 Å². The van der Waals surface area contributed by atoms with Crippen molar-refractivity contribution in [2.45, 2.75) is 6.42 Å². The molecule has 0 fully saturated rings. The standard InChI is InChI=1S/C13H16ClN3O2/c1-19-12-6-5-10(14)9-11(12)15-13(18)16-17-7-3-2-4-8-17/h2-3,5-6,9H,4,7-8H2,1H3,(H2,15,16,18). The number of hydrogen-bond acceptors (Lipinski definition) is 3. The van der Waals surface area contributed by atoms with Crippen LogP contribution in [-0.4, -0.2) is 31.2 Å². The van der Waals surface area contributed by atoms with Crippen molar-refractivity contribution in [1.29, 1.82) is 0 Å². The van der Waals surface area contributed by atoms with Crippen LogP contribution >= 0.6 is 11.6 Å². The van der Waals surface area contributed by atoms with Gasteiger partial charge in [-0.1, -0.05) is 23.8 Å². The number of urea groups is 1. The van der Waals surface area contributed by atoms with Gasteiger partial charge in [-0.2, -0.15) is 0 Å². The van der Waals surface area contributed by atoms with E-state index in [0.29, 0.717) is 23.0 Å². The lowest BCUT2D eigenvalue weighted by Crippen LogP contribution is -2.45. The number of benzene rings is 1. The Morgan fingerprint density at radius 2 is 2.26 bits per heavy atom. The first-order valence-corrected chi connectivity index (χ1v) is 6.38. The SMILES string of the molecule is COc1ccc(Cl)cc1NC(=O)NN1CC=CCC1. The van der Waals surface area contributed by atoms with Gasteiger partial charge in [0.2, 0.25) is 0 Å². The summed E-state index contributed by atoms with van der Waals surface area (Å²) in [5, 5.41) is 5.10. The van der Waals surface area contributed by atoms with Crippen molar-refractivity contribution in [2.75, 3.05) is 25.5 Å². The lowest BCUT2D eigenvalue weighted by molar-refractivity contribution is 0.195. The van der Waals surface area contributed by atoms with E-state index in [1.54, 1.807) is 25.3 Å². The number of amides is 2. The quantitative estimate of drug-likeness (QED) is 0.838. The summed E-state index contributed by atoms with van der Waals surface area (Å²) < 4.78 is 5.17. The third kappa shape index (κ3) is 3.87. The number of anilines is 1. The molecule has 0 aliphatic carbocycles. The van der Waals surface area contributed by atoms with Crippen LogP contribution in [0.5, 0.6) is 5.75 Å². The molecule has 19 heavy (non-hydrogen) atoms. The molecule has 1 aliphatic rings. The Morgan fingerprint density at radius 3 is 2.95 bits per heavy atom. The molecule has 6 heteroatoms.